The molecule has 6 aromatic rings. The first-order valence-electron chi connectivity index (χ1n) is 11.6. The number of ether oxygens (including phenoxy) is 2. The van der Waals surface area contributed by atoms with Crippen molar-refractivity contribution in [3.05, 3.63) is 111 Å². The van der Waals surface area contributed by atoms with Crippen LogP contribution in [0.3, 0.4) is 0 Å². The minimum Gasteiger partial charge on any atom is -0.471 e. The third-order valence-corrected chi connectivity index (χ3v) is 6.90. The fraction of sp³-hybridized carbons (Fsp3) is 0.0714. The van der Waals surface area contributed by atoms with E-state index in [4.69, 9.17) is 9.47 Å². The summed E-state index contributed by atoms with van der Waals surface area (Å²) < 4.78 is 17.0. The maximum Gasteiger partial charge on any atom is 0.193 e. The van der Waals surface area contributed by atoms with Gasteiger partial charge in [-0.1, -0.05) is 39.3 Å². The summed E-state index contributed by atoms with van der Waals surface area (Å²) in [6.07, 6.45) is 5.86. The molecule has 0 fully saturated rings. The molecule has 0 aliphatic carbocycles. The molecule has 0 N–H and O–H groups in total. The number of aromatic nitrogens is 5. The number of rotatable bonds is 5. The number of benzene rings is 3. The molecule has 0 radical (unpaired) electrons. The lowest BCUT2D eigenvalue weighted by atomic mass is 10.0. The monoisotopic (exact) mass is 551 g/mol. The van der Waals surface area contributed by atoms with Gasteiger partial charge in [0.05, 0.1) is 16.6 Å². The molecule has 3 aromatic heterocycles. The summed E-state index contributed by atoms with van der Waals surface area (Å²) in [4.78, 5) is 17.9. The molecule has 4 heterocycles. The van der Waals surface area contributed by atoms with E-state index in [-0.39, 0.29) is 12.2 Å². The van der Waals surface area contributed by atoms with Crippen molar-refractivity contribution in [3.63, 3.8) is 0 Å². The normalized spacial score (nSPS) is 11.9. The van der Waals surface area contributed by atoms with E-state index in [0.29, 0.717) is 40.1 Å². The van der Waals surface area contributed by atoms with Crippen LogP contribution < -0.4 is 14.9 Å². The van der Waals surface area contributed by atoms with E-state index in [0.717, 1.165) is 26.8 Å². The Hall–Kier alpha value is -4.50. The van der Waals surface area contributed by atoms with Gasteiger partial charge in [-0.2, -0.15) is 0 Å². The van der Waals surface area contributed by atoms with Crippen LogP contribution in [0, 0.1) is 0 Å². The molecule has 0 amide bonds. The molecular weight excluding hydrogens is 534 g/mol. The van der Waals surface area contributed by atoms with Crippen LogP contribution in [0.2, 0.25) is 0 Å². The first-order chi connectivity index (χ1) is 18.1. The Kier molecular flexibility index (Phi) is 5.03. The quantitative estimate of drug-likeness (QED) is 0.276. The van der Waals surface area contributed by atoms with Gasteiger partial charge in [-0.15, -0.1) is 5.10 Å². The van der Waals surface area contributed by atoms with E-state index in [1.165, 1.54) is 0 Å². The first-order valence-corrected chi connectivity index (χ1v) is 12.4. The van der Waals surface area contributed by atoms with Gasteiger partial charge in [-0.25, -0.2) is 4.68 Å². The number of fused-ring (bicyclic) bond motifs is 3. The van der Waals surface area contributed by atoms with Crippen molar-refractivity contribution in [1.82, 2.24) is 24.5 Å². The number of hydrogen-bond donors (Lipinski definition) is 0. The first kappa shape index (κ1) is 21.8. The molecule has 9 heteroatoms. The topological polar surface area (TPSA) is 84.1 Å². The van der Waals surface area contributed by atoms with Crippen molar-refractivity contribution in [1.29, 1.82) is 0 Å². The average Bonchev–Trinajstić information content (AvgIpc) is 3.33. The summed E-state index contributed by atoms with van der Waals surface area (Å²) in [5.41, 5.74) is 4.75. The predicted octanol–water partition coefficient (Wildman–Crippen LogP) is 5.63. The summed E-state index contributed by atoms with van der Waals surface area (Å²) >= 11 is 3.53. The van der Waals surface area contributed by atoms with Crippen LogP contribution in [0.15, 0.2) is 94.6 Å². The van der Waals surface area contributed by atoms with Gasteiger partial charge in [0.1, 0.15) is 16.8 Å². The summed E-state index contributed by atoms with van der Waals surface area (Å²) in [5, 5.41) is 8.89. The third-order valence-electron chi connectivity index (χ3n) is 6.40. The van der Waals surface area contributed by atoms with E-state index in [9.17, 15) is 4.79 Å². The molecular formula is C28H18BrN5O3. The van der Waals surface area contributed by atoms with Crippen molar-refractivity contribution in [3.8, 4) is 22.9 Å². The third kappa shape index (κ3) is 3.75. The Morgan fingerprint density at radius 3 is 2.81 bits per heavy atom. The Bertz CT molecular complexity index is 1880. The van der Waals surface area contributed by atoms with Crippen molar-refractivity contribution < 1.29 is 9.47 Å². The Balaban J connectivity index is 1.37. The molecule has 0 atom stereocenters. The van der Waals surface area contributed by atoms with Crippen LogP contribution in [0.4, 0.5) is 0 Å². The average molecular weight is 552 g/mol. The van der Waals surface area contributed by atoms with Gasteiger partial charge in [0.15, 0.2) is 23.7 Å². The number of para-hydroxylation sites is 1. The molecule has 0 bridgehead atoms. The molecule has 1 aliphatic heterocycles. The largest absolute Gasteiger partial charge is 0.471 e. The van der Waals surface area contributed by atoms with Gasteiger partial charge in [-0.3, -0.25) is 9.78 Å². The second kappa shape index (κ2) is 8.56. The van der Waals surface area contributed by atoms with Gasteiger partial charge < -0.3 is 14.0 Å². The van der Waals surface area contributed by atoms with Crippen LogP contribution in [0.1, 0.15) is 11.1 Å². The molecule has 37 heavy (non-hydrogen) atoms. The lowest BCUT2D eigenvalue weighted by Crippen LogP contribution is -2.18. The van der Waals surface area contributed by atoms with Crippen molar-refractivity contribution in [2.24, 2.45) is 0 Å². The zero-order valence-electron chi connectivity index (χ0n) is 19.3. The molecule has 1 aliphatic rings. The highest BCUT2D eigenvalue weighted by Crippen LogP contribution is 2.42. The second-order valence-electron chi connectivity index (χ2n) is 8.77. The van der Waals surface area contributed by atoms with E-state index in [2.05, 4.69) is 31.2 Å². The van der Waals surface area contributed by atoms with Gasteiger partial charge in [0.2, 0.25) is 0 Å². The second-order valence-corrected chi connectivity index (χ2v) is 9.69. The summed E-state index contributed by atoms with van der Waals surface area (Å²) in [7, 11) is 0. The van der Waals surface area contributed by atoms with Crippen LogP contribution in [0.5, 0.6) is 17.2 Å². The van der Waals surface area contributed by atoms with E-state index in [1.54, 1.807) is 23.1 Å². The lowest BCUT2D eigenvalue weighted by Gasteiger charge is -2.25. The standard InChI is InChI=1S/C28H18BrN5O3/c29-19-7-8-24-25(11-19)37-26-13-20(36-16-34-23-6-2-1-5-22(23)31-32-34)12-21-27(26)33(24)15-18(28(21)35)10-17-4-3-9-30-14-17/h1-9,11-15H,10,16H2. The van der Waals surface area contributed by atoms with E-state index in [1.807, 2.05) is 71.4 Å². The molecule has 0 saturated carbocycles. The number of pyridine rings is 2. The minimum absolute atomic E-state index is 0.0721. The maximum absolute atomic E-state index is 13.7. The van der Waals surface area contributed by atoms with E-state index < -0.39 is 0 Å². The predicted molar refractivity (Wildman–Crippen MR) is 143 cm³/mol. The smallest absolute Gasteiger partial charge is 0.193 e. The van der Waals surface area contributed by atoms with Crippen molar-refractivity contribution >= 4 is 37.9 Å². The Labute approximate surface area is 218 Å². The zero-order chi connectivity index (χ0) is 24.9. The molecule has 0 unspecified atom stereocenters. The molecule has 7 rings (SSSR count). The SMILES string of the molecule is O=c1c(Cc2cccnc2)cn2c3c(cc(OCn4nnc5ccccc54)cc13)Oc1cc(Br)ccc1-2. The molecule has 180 valence electrons. The number of hydrogen-bond acceptors (Lipinski definition) is 6. The fourth-order valence-electron chi connectivity index (χ4n) is 4.69. The van der Waals surface area contributed by atoms with Crippen LogP contribution in [0.25, 0.3) is 27.6 Å². The molecule has 8 nitrogen and oxygen atoms in total. The summed E-state index contributed by atoms with van der Waals surface area (Å²) in [6.45, 7) is 0.136. The minimum atomic E-state index is -0.0721. The molecule has 0 saturated heterocycles. The lowest BCUT2D eigenvalue weighted by molar-refractivity contribution is 0.223. The van der Waals surface area contributed by atoms with Crippen LogP contribution in [-0.2, 0) is 13.2 Å². The fourth-order valence-corrected chi connectivity index (χ4v) is 5.03. The number of halogens is 1. The van der Waals surface area contributed by atoms with Crippen molar-refractivity contribution in [2.45, 2.75) is 13.2 Å². The maximum atomic E-state index is 13.7. The summed E-state index contributed by atoms with van der Waals surface area (Å²) in [5.74, 6) is 1.73. The highest BCUT2D eigenvalue weighted by molar-refractivity contribution is 9.10. The summed E-state index contributed by atoms with van der Waals surface area (Å²) in [6, 6.07) is 20.9. The number of nitrogens with zero attached hydrogens (tertiary/aromatic N) is 5. The van der Waals surface area contributed by atoms with Crippen LogP contribution in [-0.4, -0.2) is 24.5 Å². The molecule has 3 aromatic carbocycles. The Morgan fingerprint density at radius 1 is 1.00 bits per heavy atom. The van der Waals surface area contributed by atoms with Gasteiger partial charge in [0.25, 0.3) is 0 Å². The highest BCUT2D eigenvalue weighted by Gasteiger charge is 2.24. The highest BCUT2D eigenvalue weighted by atomic mass is 79.9. The van der Waals surface area contributed by atoms with Crippen molar-refractivity contribution in [2.75, 3.05) is 0 Å². The van der Waals surface area contributed by atoms with Gasteiger partial charge in [-0.05, 0) is 48.0 Å². The molecule has 0 spiro atoms. The van der Waals surface area contributed by atoms with Gasteiger partial charge in [0, 0.05) is 41.1 Å². The zero-order valence-corrected chi connectivity index (χ0v) is 20.9. The van der Waals surface area contributed by atoms with Gasteiger partial charge >= 0.3 is 0 Å². The van der Waals surface area contributed by atoms with Crippen LogP contribution >= 0.6 is 15.9 Å². The van der Waals surface area contributed by atoms with E-state index >= 15 is 0 Å². The Morgan fingerprint density at radius 2 is 1.92 bits per heavy atom.